The molecule has 0 aliphatic rings. The largest absolute Gasteiger partial charge is 0.399 e. The summed E-state index contributed by atoms with van der Waals surface area (Å²) in [5.41, 5.74) is 6.97. The Balaban J connectivity index is 1.75. The minimum Gasteiger partial charge on any atom is -0.399 e. The van der Waals surface area contributed by atoms with Gasteiger partial charge in [-0.3, -0.25) is 9.89 Å². The number of carbonyl (C=O) groups is 1. The van der Waals surface area contributed by atoms with Crippen LogP contribution in [0.15, 0.2) is 35.7 Å². The molecule has 6 nitrogen and oxygen atoms in total. The first-order chi connectivity index (χ1) is 8.74. The van der Waals surface area contributed by atoms with Gasteiger partial charge in [-0.2, -0.15) is 5.10 Å². The number of nitrogen functional groups attached to an aromatic ring is 1. The standard InChI is InChI=1S/C11H13N5OS/c12-8-2-1-3-9(6-8)15-10(17)4-5-18-11-13-7-14-16-11/h1-3,6-7H,4-5,12H2,(H,15,17)(H,13,14,16). The zero-order valence-electron chi connectivity index (χ0n) is 9.59. The van der Waals surface area contributed by atoms with E-state index in [0.29, 0.717) is 28.7 Å². The van der Waals surface area contributed by atoms with E-state index in [1.807, 2.05) is 0 Å². The number of aromatic nitrogens is 3. The predicted octanol–water partition coefficient (Wildman–Crippen LogP) is 1.51. The Morgan fingerprint density at radius 1 is 1.50 bits per heavy atom. The minimum atomic E-state index is -0.0485. The highest BCUT2D eigenvalue weighted by molar-refractivity contribution is 7.99. The van der Waals surface area contributed by atoms with Crippen molar-refractivity contribution in [2.24, 2.45) is 0 Å². The lowest BCUT2D eigenvalue weighted by Crippen LogP contribution is -2.12. The van der Waals surface area contributed by atoms with Gasteiger partial charge in [0.25, 0.3) is 0 Å². The van der Waals surface area contributed by atoms with E-state index in [1.165, 1.54) is 18.1 Å². The van der Waals surface area contributed by atoms with Gasteiger partial charge in [0.2, 0.25) is 5.91 Å². The zero-order valence-corrected chi connectivity index (χ0v) is 10.4. The maximum Gasteiger partial charge on any atom is 0.225 e. The van der Waals surface area contributed by atoms with E-state index in [-0.39, 0.29) is 5.91 Å². The van der Waals surface area contributed by atoms with Crippen molar-refractivity contribution in [3.05, 3.63) is 30.6 Å². The number of benzene rings is 1. The van der Waals surface area contributed by atoms with Gasteiger partial charge in [-0.05, 0) is 18.2 Å². The Kier molecular flexibility index (Phi) is 4.19. The van der Waals surface area contributed by atoms with E-state index in [0.717, 1.165) is 0 Å². The predicted molar refractivity (Wildman–Crippen MR) is 71.2 cm³/mol. The van der Waals surface area contributed by atoms with Crippen LogP contribution in [-0.2, 0) is 4.79 Å². The number of amides is 1. The molecule has 0 spiro atoms. The molecule has 7 heteroatoms. The van der Waals surface area contributed by atoms with Crippen molar-refractivity contribution in [3.63, 3.8) is 0 Å². The summed E-state index contributed by atoms with van der Waals surface area (Å²) in [7, 11) is 0. The summed E-state index contributed by atoms with van der Waals surface area (Å²) in [6, 6.07) is 7.10. The lowest BCUT2D eigenvalue weighted by Gasteiger charge is -2.05. The van der Waals surface area contributed by atoms with Crippen LogP contribution >= 0.6 is 11.8 Å². The normalized spacial score (nSPS) is 10.2. The fraction of sp³-hybridized carbons (Fsp3) is 0.182. The Morgan fingerprint density at radius 3 is 3.11 bits per heavy atom. The van der Waals surface area contributed by atoms with Crippen LogP contribution in [0.5, 0.6) is 0 Å². The minimum absolute atomic E-state index is 0.0485. The summed E-state index contributed by atoms with van der Waals surface area (Å²) in [5.74, 6) is 0.594. The molecule has 0 aliphatic carbocycles. The van der Waals surface area contributed by atoms with Crippen LogP contribution in [0.3, 0.4) is 0 Å². The molecule has 0 saturated heterocycles. The van der Waals surface area contributed by atoms with Crippen LogP contribution in [0.25, 0.3) is 0 Å². The second-order valence-electron chi connectivity index (χ2n) is 3.56. The molecule has 0 bridgehead atoms. The van der Waals surface area contributed by atoms with Gasteiger partial charge in [0.05, 0.1) is 0 Å². The van der Waals surface area contributed by atoms with Crippen molar-refractivity contribution in [3.8, 4) is 0 Å². The molecule has 2 aromatic rings. The highest BCUT2D eigenvalue weighted by Crippen LogP contribution is 2.14. The third-order valence-electron chi connectivity index (χ3n) is 2.13. The SMILES string of the molecule is Nc1cccc(NC(=O)CCSc2ncn[nH]2)c1. The van der Waals surface area contributed by atoms with Crippen molar-refractivity contribution in [1.82, 2.24) is 15.2 Å². The number of H-pyrrole nitrogens is 1. The Labute approximate surface area is 108 Å². The van der Waals surface area contributed by atoms with E-state index in [2.05, 4.69) is 20.5 Å². The van der Waals surface area contributed by atoms with Crippen molar-refractivity contribution in [1.29, 1.82) is 0 Å². The van der Waals surface area contributed by atoms with Gasteiger partial charge in [-0.1, -0.05) is 17.8 Å². The summed E-state index contributed by atoms with van der Waals surface area (Å²) in [6.45, 7) is 0. The maximum atomic E-state index is 11.6. The first kappa shape index (κ1) is 12.4. The van der Waals surface area contributed by atoms with E-state index in [1.54, 1.807) is 24.3 Å². The first-order valence-electron chi connectivity index (χ1n) is 5.37. The van der Waals surface area contributed by atoms with Crippen LogP contribution in [0.4, 0.5) is 11.4 Å². The Bertz CT molecular complexity index is 514. The molecule has 0 fully saturated rings. The first-order valence-corrected chi connectivity index (χ1v) is 6.36. The van der Waals surface area contributed by atoms with Crippen molar-refractivity contribution >= 4 is 29.0 Å². The molecule has 1 amide bonds. The van der Waals surface area contributed by atoms with Crippen molar-refractivity contribution in [2.75, 3.05) is 16.8 Å². The molecule has 18 heavy (non-hydrogen) atoms. The smallest absolute Gasteiger partial charge is 0.225 e. The summed E-state index contributed by atoms with van der Waals surface area (Å²) in [4.78, 5) is 15.6. The van der Waals surface area contributed by atoms with Gasteiger partial charge in [-0.25, -0.2) is 4.98 Å². The number of nitrogens with two attached hydrogens (primary N) is 1. The number of anilines is 2. The van der Waals surface area contributed by atoms with E-state index < -0.39 is 0 Å². The van der Waals surface area contributed by atoms with Gasteiger partial charge in [0, 0.05) is 23.5 Å². The number of nitrogens with zero attached hydrogens (tertiary/aromatic N) is 2. The molecule has 4 N–H and O–H groups in total. The lowest BCUT2D eigenvalue weighted by molar-refractivity contribution is -0.115. The second-order valence-corrected chi connectivity index (χ2v) is 4.65. The topological polar surface area (TPSA) is 96.7 Å². The van der Waals surface area contributed by atoms with E-state index in [4.69, 9.17) is 5.73 Å². The number of thioether (sulfide) groups is 1. The lowest BCUT2D eigenvalue weighted by atomic mass is 10.3. The summed E-state index contributed by atoms with van der Waals surface area (Å²) in [6.07, 6.45) is 1.84. The molecular formula is C11H13N5OS. The molecule has 0 saturated carbocycles. The second kappa shape index (κ2) is 6.06. The number of hydrogen-bond donors (Lipinski definition) is 3. The molecule has 0 aliphatic heterocycles. The molecule has 1 aromatic carbocycles. The van der Waals surface area contributed by atoms with Crippen LogP contribution in [0.2, 0.25) is 0 Å². The van der Waals surface area contributed by atoms with Crippen LogP contribution < -0.4 is 11.1 Å². The molecular weight excluding hydrogens is 250 g/mol. The van der Waals surface area contributed by atoms with Gasteiger partial charge in [0.1, 0.15) is 6.33 Å². The van der Waals surface area contributed by atoms with Crippen LogP contribution in [-0.4, -0.2) is 26.8 Å². The average molecular weight is 263 g/mol. The molecule has 0 unspecified atom stereocenters. The molecule has 2 rings (SSSR count). The van der Waals surface area contributed by atoms with Gasteiger partial charge < -0.3 is 11.1 Å². The Morgan fingerprint density at radius 2 is 2.39 bits per heavy atom. The zero-order chi connectivity index (χ0) is 12.8. The summed E-state index contributed by atoms with van der Waals surface area (Å²) >= 11 is 1.45. The quantitative estimate of drug-likeness (QED) is 0.561. The molecule has 1 heterocycles. The van der Waals surface area contributed by atoms with Gasteiger partial charge in [-0.15, -0.1) is 0 Å². The number of aromatic amines is 1. The fourth-order valence-electron chi connectivity index (χ4n) is 1.34. The summed E-state index contributed by atoms with van der Waals surface area (Å²) < 4.78 is 0. The molecule has 1 aromatic heterocycles. The highest BCUT2D eigenvalue weighted by Gasteiger charge is 2.04. The third-order valence-corrected chi connectivity index (χ3v) is 3.01. The third kappa shape index (κ3) is 3.77. The Hall–Kier alpha value is -2.02. The van der Waals surface area contributed by atoms with Gasteiger partial charge >= 0.3 is 0 Å². The summed E-state index contributed by atoms with van der Waals surface area (Å²) in [5, 5.41) is 9.95. The van der Waals surface area contributed by atoms with Crippen molar-refractivity contribution in [2.45, 2.75) is 11.6 Å². The molecule has 0 radical (unpaired) electrons. The van der Waals surface area contributed by atoms with E-state index in [9.17, 15) is 4.79 Å². The number of nitrogens with one attached hydrogen (secondary N) is 2. The van der Waals surface area contributed by atoms with E-state index >= 15 is 0 Å². The molecule has 0 atom stereocenters. The molecule has 94 valence electrons. The number of hydrogen-bond acceptors (Lipinski definition) is 5. The maximum absolute atomic E-state index is 11.6. The van der Waals surface area contributed by atoms with Crippen LogP contribution in [0, 0.1) is 0 Å². The number of rotatable bonds is 5. The monoisotopic (exact) mass is 263 g/mol. The fourth-order valence-corrected chi connectivity index (χ4v) is 2.06. The average Bonchev–Trinajstić information content (AvgIpc) is 2.82. The van der Waals surface area contributed by atoms with Gasteiger partial charge in [0.15, 0.2) is 5.16 Å². The van der Waals surface area contributed by atoms with Crippen LogP contribution in [0.1, 0.15) is 6.42 Å². The highest BCUT2D eigenvalue weighted by atomic mass is 32.2. The van der Waals surface area contributed by atoms with Crippen molar-refractivity contribution < 1.29 is 4.79 Å². The number of carbonyl (C=O) groups excluding carboxylic acids is 1.